The number of aromatic nitrogens is 2. The van der Waals surface area contributed by atoms with Gasteiger partial charge in [-0.15, -0.1) is 0 Å². The van der Waals surface area contributed by atoms with Gasteiger partial charge in [0.25, 0.3) is 0 Å². The van der Waals surface area contributed by atoms with Gasteiger partial charge in [-0.3, -0.25) is 4.79 Å². The molecule has 0 atom stereocenters. The van der Waals surface area contributed by atoms with Crippen LogP contribution in [0.4, 0.5) is 0 Å². The Hall–Kier alpha value is -2.17. The van der Waals surface area contributed by atoms with E-state index >= 15 is 0 Å². The number of rotatable bonds is 3. The van der Waals surface area contributed by atoms with E-state index in [-0.39, 0.29) is 11.8 Å². The Morgan fingerprint density at radius 1 is 1.37 bits per heavy atom. The Labute approximate surface area is 111 Å². The summed E-state index contributed by atoms with van der Waals surface area (Å²) in [6, 6.07) is 9.72. The summed E-state index contributed by atoms with van der Waals surface area (Å²) in [6.45, 7) is 3.24. The minimum absolute atomic E-state index is 0.180. The zero-order valence-electron chi connectivity index (χ0n) is 10.7. The van der Waals surface area contributed by atoms with E-state index in [9.17, 15) is 4.79 Å². The largest absolute Gasteiger partial charge is 0.341 e. The molecular weight excluding hydrogens is 242 g/mol. The number of carbonyl (C=O) groups is 1. The van der Waals surface area contributed by atoms with Crippen molar-refractivity contribution in [1.82, 2.24) is 15.0 Å². The van der Waals surface area contributed by atoms with E-state index in [1.165, 1.54) is 0 Å². The fraction of sp³-hybridized carbons (Fsp3) is 0.357. The van der Waals surface area contributed by atoms with Gasteiger partial charge in [-0.05, 0) is 0 Å². The molecule has 1 saturated heterocycles. The molecule has 0 bridgehead atoms. The summed E-state index contributed by atoms with van der Waals surface area (Å²) in [5.74, 6) is 1.59. The van der Waals surface area contributed by atoms with Crippen LogP contribution in [-0.4, -0.2) is 34.0 Å². The quantitative estimate of drug-likeness (QED) is 0.844. The topological polar surface area (TPSA) is 59.2 Å². The Kier molecular flexibility index (Phi) is 3.03. The van der Waals surface area contributed by atoms with E-state index in [0.717, 1.165) is 5.56 Å². The van der Waals surface area contributed by atoms with Crippen LogP contribution in [0.3, 0.4) is 0 Å². The van der Waals surface area contributed by atoms with Gasteiger partial charge in [0.1, 0.15) is 0 Å². The van der Waals surface area contributed by atoms with Crippen LogP contribution in [0.2, 0.25) is 0 Å². The summed E-state index contributed by atoms with van der Waals surface area (Å²) >= 11 is 0. The third-order valence-electron chi connectivity index (χ3n) is 3.36. The number of likely N-dealkylation sites (tertiary alicyclic amines) is 1. The number of amides is 1. The van der Waals surface area contributed by atoms with Gasteiger partial charge in [0, 0.05) is 25.1 Å². The predicted molar refractivity (Wildman–Crippen MR) is 69.3 cm³/mol. The van der Waals surface area contributed by atoms with Crippen LogP contribution in [0, 0.1) is 0 Å². The zero-order valence-corrected chi connectivity index (χ0v) is 10.7. The van der Waals surface area contributed by atoms with Crippen molar-refractivity contribution >= 4 is 5.91 Å². The normalized spacial score (nSPS) is 15.3. The molecule has 98 valence electrons. The molecule has 5 nitrogen and oxygen atoms in total. The Bertz CT molecular complexity index is 573. The van der Waals surface area contributed by atoms with Gasteiger partial charge in [-0.1, -0.05) is 42.4 Å². The van der Waals surface area contributed by atoms with Crippen LogP contribution in [0.5, 0.6) is 0 Å². The predicted octanol–water partition coefficient (Wildman–Crippen LogP) is 2.07. The molecule has 1 aromatic carbocycles. The van der Waals surface area contributed by atoms with E-state index in [2.05, 4.69) is 10.1 Å². The SMILES string of the molecule is CCC(=O)N1CC(c2nc(-c3ccccc3)no2)C1. The van der Waals surface area contributed by atoms with Gasteiger partial charge >= 0.3 is 0 Å². The lowest BCUT2D eigenvalue weighted by Gasteiger charge is -2.36. The lowest BCUT2D eigenvalue weighted by atomic mass is 10.00. The highest BCUT2D eigenvalue weighted by Crippen LogP contribution is 2.27. The van der Waals surface area contributed by atoms with Crippen molar-refractivity contribution in [1.29, 1.82) is 0 Å². The second kappa shape index (κ2) is 4.84. The molecular formula is C14H15N3O2. The van der Waals surface area contributed by atoms with E-state index in [1.54, 1.807) is 0 Å². The highest BCUT2D eigenvalue weighted by atomic mass is 16.5. The monoisotopic (exact) mass is 257 g/mol. The number of carbonyl (C=O) groups excluding carboxylic acids is 1. The van der Waals surface area contributed by atoms with E-state index < -0.39 is 0 Å². The molecule has 1 amide bonds. The lowest BCUT2D eigenvalue weighted by molar-refractivity contribution is -0.135. The van der Waals surface area contributed by atoms with E-state index in [0.29, 0.717) is 31.2 Å². The molecule has 19 heavy (non-hydrogen) atoms. The van der Waals surface area contributed by atoms with E-state index in [1.807, 2.05) is 42.2 Å². The fourth-order valence-corrected chi connectivity index (χ4v) is 2.17. The van der Waals surface area contributed by atoms with Crippen molar-refractivity contribution in [3.63, 3.8) is 0 Å². The Morgan fingerprint density at radius 2 is 2.11 bits per heavy atom. The maximum Gasteiger partial charge on any atom is 0.233 e. The Balaban J connectivity index is 1.69. The zero-order chi connectivity index (χ0) is 13.2. The first kappa shape index (κ1) is 11.9. The first-order chi connectivity index (χ1) is 9.28. The molecule has 1 aliphatic rings. The molecule has 0 spiro atoms. The summed E-state index contributed by atoms with van der Waals surface area (Å²) in [6.07, 6.45) is 0.547. The summed E-state index contributed by atoms with van der Waals surface area (Å²) in [4.78, 5) is 17.7. The highest BCUT2D eigenvalue weighted by molar-refractivity contribution is 5.76. The van der Waals surface area contributed by atoms with Crippen molar-refractivity contribution in [2.45, 2.75) is 19.3 Å². The van der Waals surface area contributed by atoms with Gasteiger partial charge in [-0.25, -0.2) is 0 Å². The molecule has 1 aliphatic heterocycles. The van der Waals surface area contributed by atoms with Gasteiger partial charge in [0.05, 0.1) is 5.92 Å². The van der Waals surface area contributed by atoms with Gasteiger partial charge in [-0.2, -0.15) is 4.98 Å². The molecule has 3 rings (SSSR count). The van der Waals surface area contributed by atoms with Crippen molar-refractivity contribution in [3.8, 4) is 11.4 Å². The lowest BCUT2D eigenvalue weighted by Crippen LogP contribution is -2.48. The van der Waals surface area contributed by atoms with Gasteiger partial charge in [0.15, 0.2) is 0 Å². The van der Waals surface area contributed by atoms with Crippen LogP contribution in [0.25, 0.3) is 11.4 Å². The Morgan fingerprint density at radius 3 is 2.79 bits per heavy atom. The molecule has 0 saturated carbocycles. The summed E-state index contributed by atoms with van der Waals surface area (Å²) < 4.78 is 5.29. The van der Waals surface area contributed by atoms with Gasteiger partial charge < -0.3 is 9.42 Å². The number of hydrogen-bond acceptors (Lipinski definition) is 4. The second-order valence-electron chi connectivity index (χ2n) is 4.67. The first-order valence-electron chi connectivity index (χ1n) is 6.44. The van der Waals surface area contributed by atoms with Crippen LogP contribution in [0.1, 0.15) is 25.2 Å². The average Bonchev–Trinajstić information content (AvgIpc) is 2.87. The summed E-state index contributed by atoms with van der Waals surface area (Å²) in [5, 5.41) is 3.99. The molecule has 5 heteroatoms. The van der Waals surface area contributed by atoms with Crippen LogP contribution < -0.4 is 0 Å². The maximum atomic E-state index is 11.5. The summed E-state index contributed by atoms with van der Waals surface area (Å²) in [5.41, 5.74) is 0.943. The molecule has 0 unspecified atom stereocenters. The van der Waals surface area contributed by atoms with Crippen molar-refractivity contribution in [3.05, 3.63) is 36.2 Å². The average molecular weight is 257 g/mol. The number of nitrogens with zero attached hydrogens (tertiary/aromatic N) is 3. The molecule has 0 aliphatic carbocycles. The second-order valence-corrected chi connectivity index (χ2v) is 4.67. The van der Waals surface area contributed by atoms with Crippen molar-refractivity contribution in [2.24, 2.45) is 0 Å². The highest BCUT2D eigenvalue weighted by Gasteiger charge is 2.34. The van der Waals surface area contributed by atoms with Crippen LogP contribution in [0.15, 0.2) is 34.9 Å². The minimum atomic E-state index is 0.180. The number of hydrogen-bond donors (Lipinski definition) is 0. The smallest absolute Gasteiger partial charge is 0.233 e. The third kappa shape index (κ3) is 2.23. The molecule has 2 heterocycles. The molecule has 1 aromatic heterocycles. The standard InChI is InChI=1S/C14H15N3O2/c1-2-12(18)17-8-11(9-17)14-15-13(16-19-14)10-6-4-3-5-7-10/h3-7,11H,2,8-9H2,1H3. The summed E-state index contributed by atoms with van der Waals surface area (Å²) in [7, 11) is 0. The molecule has 2 aromatic rings. The van der Waals surface area contributed by atoms with Crippen LogP contribution in [-0.2, 0) is 4.79 Å². The fourth-order valence-electron chi connectivity index (χ4n) is 2.17. The third-order valence-corrected chi connectivity index (χ3v) is 3.36. The van der Waals surface area contributed by atoms with Crippen molar-refractivity contribution in [2.75, 3.05) is 13.1 Å². The molecule has 0 N–H and O–H groups in total. The van der Waals surface area contributed by atoms with Gasteiger partial charge in [0.2, 0.25) is 17.6 Å². The minimum Gasteiger partial charge on any atom is -0.341 e. The first-order valence-corrected chi connectivity index (χ1v) is 6.44. The van der Waals surface area contributed by atoms with Crippen molar-refractivity contribution < 1.29 is 9.32 Å². The van der Waals surface area contributed by atoms with E-state index in [4.69, 9.17) is 4.52 Å². The van der Waals surface area contributed by atoms with Crippen LogP contribution >= 0.6 is 0 Å². The maximum absolute atomic E-state index is 11.5. The molecule has 0 radical (unpaired) electrons. The molecule has 1 fully saturated rings. The number of benzene rings is 1.